The van der Waals surface area contributed by atoms with E-state index in [1.165, 1.54) is 7.11 Å². The molecule has 0 bridgehead atoms. The molecule has 0 aliphatic rings. The molecule has 0 aliphatic carbocycles. The third kappa shape index (κ3) is 5.38. The molecule has 0 saturated heterocycles. The second kappa shape index (κ2) is 9.27. The highest BCUT2D eigenvalue weighted by molar-refractivity contribution is 5.90. The minimum atomic E-state index is -0.390. The second-order valence-electron chi connectivity index (χ2n) is 6.03. The molecule has 3 rings (SSSR count). The molecule has 7 nitrogen and oxygen atoms in total. The molecular weight excluding hydrogens is 356 g/mol. The number of methoxy groups -OCH3 is 1. The van der Waals surface area contributed by atoms with Crippen molar-refractivity contribution in [2.24, 2.45) is 0 Å². The van der Waals surface area contributed by atoms with E-state index in [2.05, 4.69) is 25.6 Å². The number of carbonyl (C=O) groups is 2. The van der Waals surface area contributed by atoms with Crippen molar-refractivity contribution in [3.63, 3.8) is 0 Å². The zero-order chi connectivity index (χ0) is 19.8. The van der Waals surface area contributed by atoms with Crippen LogP contribution in [0.25, 0.3) is 0 Å². The number of carbonyl (C=O) groups excluding carboxylic acids is 2. The standard InChI is InChI=1S/C21H20N4O3/c1-28-21(27)16-8-10-17(11-9-16)22-18-12-13-19(25-24-18)23-20(26)14-7-15-5-3-2-4-6-15/h2-6,8-13H,7,14H2,1H3,(H,22,24)(H,23,25,26). The van der Waals surface area contributed by atoms with Gasteiger partial charge < -0.3 is 15.4 Å². The second-order valence-corrected chi connectivity index (χ2v) is 6.03. The Morgan fingerprint density at radius 1 is 0.893 bits per heavy atom. The van der Waals surface area contributed by atoms with Crippen LogP contribution in [0.3, 0.4) is 0 Å². The predicted molar refractivity (Wildman–Crippen MR) is 106 cm³/mol. The van der Waals surface area contributed by atoms with Gasteiger partial charge in [-0.05, 0) is 48.4 Å². The molecule has 0 spiro atoms. The Morgan fingerprint density at radius 3 is 2.21 bits per heavy atom. The smallest absolute Gasteiger partial charge is 0.337 e. The van der Waals surface area contributed by atoms with Gasteiger partial charge in [0.05, 0.1) is 12.7 Å². The van der Waals surface area contributed by atoms with Crippen LogP contribution in [0, 0.1) is 0 Å². The van der Waals surface area contributed by atoms with Crippen LogP contribution >= 0.6 is 0 Å². The Bertz CT molecular complexity index is 926. The first kappa shape index (κ1) is 19.0. The van der Waals surface area contributed by atoms with Crippen molar-refractivity contribution >= 4 is 29.2 Å². The van der Waals surface area contributed by atoms with Gasteiger partial charge in [0, 0.05) is 12.1 Å². The van der Waals surface area contributed by atoms with Crippen molar-refractivity contribution in [3.8, 4) is 0 Å². The van der Waals surface area contributed by atoms with Crippen molar-refractivity contribution in [3.05, 3.63) is 77.9 Å². The minimum Gasteiger partial charge on any atom is -0.465 e. The summed E-state index contributed by atoms with van der Waals surface area (Å²) in [5.41, 5.74) is 2.33. The lowest BCUT2D eigenvalue weighted by atomic mass is 10.1. The van der Waals surface area contributed by atoms with Crippen molar-refractivity contribution in [2.45, 2.75) is 12.8 Å². The van der Waals surface area contributed by atoms with E-state index < -0.39 is 5.97 Å². The number of hydrogen-bond donors (Lipinski definition) is 2. The SMILES string of the molecule is COC(=O)c1ccc(Nc2ccc(NC(=O)CCc3ccccc3)nn2)cc1. The number of esters is 1. The summed E-state index contributed by atoms with van der Waals surface area (Å²) in [6.07, 6.45) is 1.04. The molecule has 1 amide bonds. The largest absolute Gasteiger partial charge is 0.465 e. The fraction of sp³-hybridized carbons (Fsp3) is 0.143. The Balaban J connectivity index is 1.51. The molecule has 1 aromatic heterocycles. The molecule has 3 aromatic rings. The van der Waals surface area contributed by atoms with Gasteiger partial charge in [-0.15, -0.1) is 10.2 Å². The summed E-state index contributed by atoms with van der Waals surface area (Å²) in [5.74, 6) is 0.411. The summed E-state index contributed by atoms with van der Waals surface area (Å²) in [6.45, 7) is 0. The van der Waals surface area contributed by atoms with E-state index in [1.54, 1.807) is 36.4 Å². The van der Waals surface area contributed by atoms with E-state index >= 15 is 0 Å². The number of benzene rings is 2. The van der Waals surface area contributed by atoms with Crippen LogP contribution in [0.1, 0.15) is 22.3 Å². The van der Waals surface area contributed by atoms with Crippen LogP contribution in [0.2, 0.25) is 0 Å². The number of rotatable bonds is 7. The molecule has 1 heterocycles. The third-order valence-corrected chi connectivity index (χ3v) is 3.99. The first-order valence-corrected chi connectivity index (χ1v) is 8.77. The number of amides is 1. The molecule has 0 aliphatic heterocycles. The molecule has 0 fully saturated rings. The Morgan fingerprint density at radius 2 is 1.57 bits per heavy atom. The molecule has 28 heavy (non-hydrogen) atoms. The average molecular weight is 376 g/mol. The lowest BCUT2D eigenvalue weighted by Crippen LogP contribution is -2.14. The topological polar surface area (TPSA) is 93.2 Å². The van der Waals surface area contributed by atoms with Gasteiger partial charge in [0.2, 0.25) is 5.91 Å². The molecule has 0 saturated carbocycles. The third-order valence-electron chi connectivity index (χ3n) is 3.99. The van der Waals surface area contributed by atoms with Crippen molar-refractivity contribution in [1.29, 1.82) is 0 Å². The van der Waals surface area contributed by atoms with Crippen LogP contribution in [-0.4, -0.2) is 29.2 Å². The first-order valence-electron chi connectivity index (χ1n) is 8.77. The van der Waals surface area contributed by atoms with Crippen molar-refractivity contribution < 1.29 is 14.3 Å². The van der Waals surface area contributed by atoms with Crippen molar-refractivity contribution in [2.75, 3.05) is 17.7 Å². The van der Waals surface area contributed by atoms with Gasteiger partial charge in [0.25, 0.3) is 0 Å². The fourth-order valence-electron chi connectivity index (χ4n) is 2.53. The number of aromatic nitrogens is 2. The predicted octanol–water partition coefficient (Wildman–Crippen LogP) is 3.58. The fourth-order valence-corrected chi connectivity index (χ4v) is 2.53. The molecule has 0 radical (unpaired) electrons. The summed E-state index contributed by atoms with van der Waals surface area (Å²) in [6, 6.07) is 20.0. The van der Waals surface area contributed by atoms with E-state index in [9.17, 15) is 9.59 Å². The lowest BCUT2D eigenvalue weighted by Gasteiger charge is -2.07. The summed E-state index contributed by atoms with van der Waals surface area (Å²) in [4.78, 5) is 23.5. The number of hydrogen-bond acceptors (Lipinski definition) is 6. The Kier molecular flexibility index (Phi) is 6.30. The minimum absolute atomic E-state index is 0.114. The maximum Gasteiger partial charge on any atom is 0.337 e. The highest BCUT2D eigenvalue weighted by Gasteiger charge is 2.07. The van der Waals surface area contributed by atoms with E-state index in [0.717, 1.165) is 11.3 Å². The molecule has 142 valence electrons. The normalized spacial score (nSPS) is 10.2. The molecular formula is C21H20N4O3. The van der Waals surface area contributed by atoms with E-state index in [1.807, 2.05) is 30.3 Å². The lowest BCUT2D eigenvalue weighted by molar-refractivity contribution is -0.116. The van der Waals surface area contributed by atoms with E-state index in [0.29, 0.717) is 30.0 Å². The van der Waals surface area contributed by atoms with Gasteiger partial charge in [0.15, 0.2) is 11.6 Å². The number of nitrogens with zero attached hydrogens (tertiary/aromatic N) is 2. The van der Waals surface area contributed by atoms with Crippen LogP contribution in [0.4, 0.5) is 17.3 Å². The maximum atomic E-state index is 12.0. The van der Waals surface area contributed by atoms with E-state index in [-0.39, 0.29) is 5.91 Å². The Labute approximate surface area is 162 Å². The number of ether oxygens (including phenoxy) is 1. The van der Waals surface area contributed by atoms with Gasteiger partial charge in [-0.25, -0.2) is 4.79 Å². The van der Waals surface area contributed by atoms with Gasteiger partial charge in [-0.3, -0.25) is 4.79 Å². The summed E-state index contributed by atoms with van der Waals surface area (Å²) >= 11 is 0. The van der Waals surface area contributed by atoms with E-state index in [4.69, 9.17) is 0 Å². The van der Waals surface area contributed by atoms with Gasteiger partial charge in [-0.2, -0.15) is 0 Å². The van der Waals surface area contributed by atoms with Gasteiger partial charge in [-0.1, -0.05) is 30.3 Å². The average Bonchev–Trinajstić information content (AvgIpc) is 2.74. The summed E-state index contributed by atoms with van der Waals surface area (Å²) in [5, 5.41) is 13.9. The van der Waals surface area contributed by atoms with Gasteiger partial charge in [0.1, 0.15) is 0 Å². The molecule has 7 heteroatoms. The zero-order valence-electron chi connectivity index (χ0n) is 15.4. The first-order chi connectivity index (χ1) is 13.6. The molecule has 0 atom stereocenters. The summed E-state index contributed by atoms with van der Waals surface area (Å²) < 4.78 is 4.67. The Hall–Kier alpha value is -3.74. The monoisotopic (exact) mass is 376 g/mol. The van der Waals surface area contributed by atoms with Crippen LogP contribution in [0.5, 0.6) is 0 Å². The highest BCUT2D eigenvalue weighted by Crippen LogP contribution is 2.16. The number of aryl methyl sites for hydroxylation is 1. The van der Waals surface area contributed by atoms with Crippen molar-refractivity contribution in [1.82, 2.24) is 10.2 Å². The summed E-state index contributed by atoms with van der Waals surface area (Å²) in [7, 11) is 1.34. The number of anilines is 3. The number of nitrogens with one attached hydrogen (secondary N) is 2. The van der Waals surface area contributed by atoms with Crippen LogP contribution < -0.4 is 10.6 Å². The molecule has 0 unspecified atom stereocenters. The maximum absolute atomic E-state index is 12.0. The van der Waals surface area contributed by atoms with Gasteiger partial charge >= 0.3 is 5.97 Å². The molecule has 2 aromatic carbocycles. The zero-order valence-corrected chi connectivity index (χ0v) is 15.4. The highest BCUT2D eigenvalue weighted by atomic mass is 16.5. The quantitative estimate of drug-likeness (QED) is 0.612. The van der Waals surface area contributed by atoms with Crippen LogP contribution in [0.15, 0.2) is 66.7 Å². The molecule has 2 N–H and O–H groups in total. The van der Waals surface area contributed by atoms with Crippen LogP contribution in [-0.2, 0) is 16.0 Å².